The summed E-state index contributed by atoms with van der Waals surface area (Å²) in [6.07, 6.45) is 29.0. The molecule has 14 rings (SSSR count). The molecule has 0 radical (unpaired) electrons. The molecule has 1 fully saturated rings. The van der Waals surface area contributed by atoms with Crippen LogP contribution in [0.5, 0.6) is 34.5 Å². The minimum atomic E-state index is -2.99. The van der Waals surface area contributed by atoms with Gasteiger partial charge < -0.3 is 48.4 Å². The lowest BCUT2D eigenvalue weighted by molar-refractivity contribution is -0.665. The highest BCUT2D eigenvalue weighted by molar-refractivity contribution is 8.03. The number of allylic oxidation sites excluding steroid dienone is 4. The smallest absolute Gasteiger partial charge is 0.263 e. The summed E-state index contributed by atoms with van der Waals surface area (Å²) >= 11 is 9.98. The fourth-order valence-corrected chi connectivity index (χ4v) is 20.5. The third-order valence-electron chi connectivity index (χ3n) is 22.9. The summed E-state index contributed by atoms with van der Waals surface area (Å²) in [6.45, 7) is 38.2. The summed E-state index contributed by atoms with van der Waals surface area (Å²) in [4.78, 5) is 6.33. The van der Waals surface area contributed by atoms with Gasteiger partial charge in [0.05, 0.1) is 54.3 Å². The van der Waals surface area contributed by atoms with E-state index in [2.05, 4.69) is 197 Å². The number of aromatic amines is 1. The molecule has 10 aromatic rings. The number of nitrogens with one attached hydrogen (secondary N) is 1. The summed E-state index contributed by atoms with van der Waals surface area (Å²) in [5.74, 6) is 5.03. The topological polar surface area (TPSA) is 186 Å². The van der Waals surface area contributed by atoms with E-state index in [9.17, 15) is 18.6 Å². The van der Waals surface area contributed by atoms with Crippen molar-refractivity contribution < 1.29 is 51.6 Å². The summed E-state index contributed by atoms with van der Waals surface area (Å²) in [6, 6.07) is 45.6. The number of para-hydroxylation sites is 4. The van der Waals surface area contributed by atoms with Crippen LogP contribution in [0.25, 0.3) is 21.9 Å². The van der Waals surface area contributed by atoms with Gasteiger partial charge in [0, 0.05) is 54.7 Å². The first-order valence-corrected chi connectivity index (χ1v) is 48.8. The summed E-state index contributed by atoms with van der Waals surface area (Å²) in [5.41, 5.74) is 19.3. The largest absolute Gasteiger partial charge is 0.508 e. The normalized spacial score (nSPS) is 15.7. The molecule has 0 spiro atoms. The highest BCUT2D eigenvalue weighted by atomic mass is 35.5. The van der Waals surface area contributed by atoms with Crippen LogP contribution >= 0.6 is 34.7 Å². The van der Waals surface area contributed by atoms with Gasteiger partial charge in [-0.2, -0.15) is 4.57 Å². The maximum absolute atomic E-state index is 12.2. The number of aryl methyl sites for hydroxylation is 10. The Kier molecular flexibility index (Phi) is 38.1. The molecule has 17 nitrogen and oxygen atoms in total. The van der Waals surface area contributed by atoms with E-state index >= 15 is 0 Å². The molecule has 6 heterocycles. The van der Waals surface area contributed by atoms with Gasteiger partial charge >= 0.3 is 0 Å². The Morgan fingerprint density at radius 3 is 1.65 bits per heavy atom. The number of thiazole rings is 1. The second-order valence-electron chi connectivity index (χ2n) is 33.9. The van der Waals surface area contributed by atoms with Crippen LogP contribution in [0.1, 0.15) is 230 Å². The van der Waals surface area contributed by atoms with Crippen molar-refractivity contribution in [1.82, 2.24) is 19.8 Å². The number of phenols is 2. The van der Waals surface area contributed by atoms with Gasteiger partial charge in [-0.25, -0.2) is 12.9 Å². The third kappa shape index (κ3) is 29.2. The molecule has 1 saturated heterocycles. The van der Waals surface area contributed by atoms with Crippen molar-refractivity contribution in [2.45, 2.75) is 236 Å². The zero-order valence-corrected chi connectivity index (χ0v) is 79.0. The van der Waals surface area contributed by atoms with Gasteiger partial charge in [0.25, 0.3) is 5.01 Å². The molecular formula is C102H137ClN7O10S3+. The van der Waals surface area contributed by atoms with Gasteiger partial charge in [-0.15, -0.1) is 10.2 Å². The lowest BCUT2D eigenvalue weighted by Crippen LogP contribution is -2.33. The number of unbranched alkanes of at least 4 members (excludes halogenated alkanes) is 9. The van der Waals surface area contributed by atoms with E-state index in [0.29, 0.717) is 123 Å². The summed E-state index contributed by atoms with van der Waals surface area (Å²) < 4.78 is 64.1. The highest BCUT2D eigenvalue weighted by Crippen LogP contribution is 2.49. The number of anilines is 2. The number of halogens is 1. The van der Waals surface area contributed by atoms with Crippen LogP contribution < -0.4 is 33.3 Å². The number of H-pyrrole nitrogens is 1. The molecule has 1 aliphatic carbocycles. The Morgan fingerprint density at radius 2 is 1.11 bits per heavy atom. The Hall–Kier alpha value is -8.76. The number of aromatic nitrogens is 5. The van der Waals surface area contributed by atoms with Gasteiger partial charge in [-0.3, -0.25) is 5.10 Å². The van der Waals surface area contributed by atoms with E-state index in [0.717, 1.165) is 91.8 Å². The minimum Gasteiger partial charge on any atom is -0.508 e. The Balaban J connectivity index is 0.000000165. The molecule has 21 heteroatoms. The number of fused-ring (bicyclic) bond motifs is 5. The van der Waals surface area contributed by atoms with Crippen LogP contribution in [0, 0.1) is 60.8 Å². The van der Waals surface area contributed by atoms with E-state index in [-0.39, 0.29) is 11.2 Å². The van der Waals surface area contributed by atoms with Crippen LogP contribution in [0.15, 0.2) is 167 Å². The number of hydrogen-bond acceptors (Lipinski definition) is 16. The standard InChI is InChI=1S/C30H35N2S2.C20H35ClN4O2S.C20H24O6.C20H26O2.C12H17N/c1-7-31-24-11-9-20(3)13-26(24)33-28(31)16-22-15-23(19-30(5,6)18-22)17-29-32(8-2)25-12-10-21(4)14-27(25)34-29;1-3-4-5-6-7-8-9-10-11-12-15-28(26,27)16-13-14-18-22-23-20-19(21)17(2)24-25(18)20;1-2-6-18-17(5-1)23-13-9-21-11-15-25-19-7-3-4-8-20(19)26-16-12-22-10-14-24-18;1-6-7-16(17-8-14(4)19(21)10-12(17)2)18-9-15(5)20(22)11-13(18)3;1-11-5-7-12(8-6-11)13-9-3-2-4-10-13/h9-17H,7-8,18-19H2,1-6H3;24H,3-16H2,1-2H3;1-8H,9-16H2;8-11,16,21-22H,6-7H2,1-5H3;5-8H,2-4,9-10H2,1H3/q+1;;;;. The molecule has 123 heavy (non-hydrogen) atoms. The number of nitrogens with zero attached hydrogens (tertiary/aromatic N) is 6. The molecule has 664 valence electrons. The van der Waals surface area contributed by atoms with Crippen molar-refractivity contribution in [3.63, 3.8) is 0 Å². The molecular weight excluding hydrogens is 1610 g/mol. The quantitative estimate of drug-likeness (QED) is 0.0383. The Morgan fingerprint density at radius 1 is 0.577 bits per heavy atom. The van der Waals surface area contributed by atoms with Crippen LogP contribution in [0.2, 0.25) is 5.02 Å². The van der Waals surface area contributed by atoms with Crippen molar-refractivity contribution >= 4 is 77.9 Å². The SMILES string of the molecule is CCCC(c1cc(C)c(O)cc1C)c1cc(C)c(O)cc1C.CCCCCCCCCCCCS(=O)(=O)CCCc1nnc2c(Cl)c(C)[nH]n12.CCN1C(=CC2=CC(=Cc3sc4cc(C)ccc4[n+]3CC)CC(C)(C)C2)Sc2cc(C)ccc21.Cc1ccc(N2CCCCC2)cc1.c1ccc2c(c1)OCCOCCOc1ccccc1OCCOCCO2. The minimum absolute atomic E-state index is 0.201. The van der Waals surface area contributed by atoms with E-state index in [1.165, 1.54) is 153 Å². The molecule has 3 aromatic heterocycles. The maximum Gasteiger partial charge on any atom is 0.263 e. The molecule has 3 N–H and O–H groups in total. The van der Waals surface area contributed by atoms with E-state index < -0.39 is 9.84 Å². The second-order valence-corrected chi connectivity index (χ2v) is 38.7. The zero-order chi connectivity index (χ0) is 87.8. The van der Waals surface area contributed by atoms with Crippen molar-refractivity contribution in [2.24, 2.45) is 5.41 Å². The molecule has 0 saturated carbocycles. The van der Waals surface area contributed by atoms with Crippen LogP contribution in [0.3, 0.4) is 0 Å². The summed E-state index contributed by atoms with van der Waals surface area (Å²) in [7, 11) is -2.99. The highest BCUT2D eigenvalue weighted by Gasteiger charge is 2.30. The lowest BCUT2D eigenvalue weighted by Gasteiger charge is -2.31. The van der Waals surface area contributed by atoms with Gasteiger partial charge in [0.15, 0.2) is 34.5 Å². The molecule has 3 aliphatic heterocycles. The van der Waals surface area contributed by atoms with E-state index in [4.69, 9.17) is 40.0 Å². The van der Waals surface area contributed by atoms with Crippen molar-refractivity contribution in [2.75, 3.05) is 93.8 Å². The molecule has 7 aromatic carbocycles. The predicted octanol–water partition coefficient (Wildman–Crippen LogP) is 24.9. The van der Waals surface area contributed by atoms with E-state index in [1.54, 1.807) is 4.52 Å². The first kappa shape index (κ1) is 96.5. The van der Waals surface area contributed by atoms with Gasteiger partial charge in [-0.1, -0.05) is 199 Å². The van der Waals surface area contributed by atoms with Gasteiger partial charge in [0.1, 0.15) is 64.0 Å². The molecule has 0 bridgehead atoms. The molecule has 0 atom stereocenters. The van der Waals surface area contributed by atoms with Gasteiger partial charge in [-0.05, 0) is 254 Å². The number of aromatic hydroxyl groups is 2. The lowest BCUT2D eigenvalue weighted by atomic mass is 9.75. The number of rotatable bonds is 24. The number of thioether (sulfide) groups is 1. The third-order valence-corrected chi connectivity index (χ3v) is 27.3. The Bertz CT molecular complexity index is 5050. The number of ether oxygens (including phenoxy) is 6. The van der Waals surface area contributed by atoms with E-state index in [1.807, 2.05) is 105 Å². The molecule has 0 unspecified atom stereocenters. The van der Waals surface area contributed by atoms with Gasteiger partial charge in [0.2, 0.25) is 5.52 Å². The van der Waals surface area contributed by atoms with Crippen LogP contribution in [0.4, 0.5) is 11.4 Å². The van der Waals surface area contributed by atoms with Crippen molar-refractivity contribution in [3.8, 4) is 34.5 Å². The number of hydrogen-bond donors (Lipinski definition) is 3. The van der Waals surface area contributed by atoms with Crippen LogP contribution in [-0.2, 0) is 32.3 Å². The van der Waals surface area contributed by atoms with Crippen molar-refractivity contribution in [3.05, 3.63) is 233 Å². The number of sulfone groups is 1. The molecule has 0 amide bonds. The maximum atomic E-state index is 12.2. The predicted molar refractivity (Wildman–Crippen MR) is 511 cm³/mol. The fraction of sp³-hybridized carbons (Fsp3) is 0.480. The first-order chi connectivity index (χ1) is 59.3. The summed E-state index contributed by atoms with van der Waals surface area (Å²) in [5, 5.41) is 34.4. The number of phenolic OH excluding ortho intramolecular Hbond substituents is 2. The fourth-order valence-electron chi connectivity index (χ4n) is 16.3. The second kappa shape index (κ2) is 48.7. The number of benzene rings is 7. The molecule has 4 aliphatic rings. The zero-order valence-electron chi connectivity index (χ0n) is 75.8. The average molecular weight is 1750 g/mol. The first-order valence-electron chi connectivity index (χ1n) is 45.0. The monoisotopic (exact) mass is 1750 g/mol. The average Bonchev–Trinajstić information content (AvgIpc) is 1.71. The van der Waals surface area contributed by atoms with Crippen LogP contribution in [-0.4, -0.2) is 122 Å². The number of piperidine rings is 1. The van der Waals surface area contributed by atoms with Crippen molar-refractivity contribution in [1.29, 1.82) is 0 Å². The Labute approximate surface area is 747 Å².